The summed E-state index contributed by atoms with van der Waals surface area (Å²) < 4.78 is 10.2. The number of ether oxygens (including phenoxy) is 1. The summed E-state index contributed by atoms with van der Waals surface area (Å²) in [5, 5.41) is 7.34. The number of imidazole rings is 1. The Labute approximate surface area is 145 Å². The lowest BCUT2D eigenvalue weighted by atomic mass is 10.2. The third-order valence-electron chi connectivity index (χ3n) is 3.91. The number of aromatic nitrogens is 2. The van der Waals surface area contributed by atoms with Crippen molar-refractivity contribution in [2.45, 2.75) is 13.5 Å². The van der Waals surface area contributed by atoms with Gasteiger partial charge in [-0.15, -0.1) is 5.10 Å². The fourth-order valence-electron chi connectivity index (χ4n) is 2.54. The van der Waals surface area contributed by atoms with E-state index in [-0.39, 0.29) is 5.96 Å². The molecule has 25 heavy (non-hydrogen) atoms. The predicted octanol–water partition coefficient (Wildman–Crippen LogP) is 1.26. The fourth-order valence-corrected chi connectivity index (χ4v) is 2.54. The van der Waals surface area contributed by atoms with E-state index in [0.717, 1.165) is 22.7 Å². The first kappa shape index (κ1) is 16.5. The molecular formula is C18H21N6O+. The number of hydrogen-bond acceptors (Lipinski definition) is 3. The SMILES string of the molecule is Cc1cccc2n(C)c(COc3ccc(/C=N\N=C(N)N)cc3)c[n+]12. The van der Waals surface area contributed by atoms with Gasteiger partial charge >= 0.3 is 0 Å². The fraction of sp³-hybridized carbons (Fsp3) is 0.167. The van der Waals surface area contributed by atoms with Crippen LogP contribution in [0, 0.1) is 6.92 Å². The summed E-state index contributed by atoms with van der Waals surface area (Å²) in [5.41, 5.74) is 14.7. The number of benzene rings is 1. The van der Waals surface area contributed by atoms with Crippen LogP contribution >= 0.6 is 0 Å². The van der Waals surface area contributed by atoms with E-state index in [4.69, 9.17) is 16.2 Å². The summed E-state index contributed by atoms with van der Waals surface area (Å²) in [6.07, 6.45) is 3.67. The average Bonchev–Trinajstić information content (AvgIpc) is 2.92. The summed E-state index contributed by atoms with van der Waals surface area (Å²) in [7, 11) is 2.04. The van der Waals surface area contributed by atoms with E-state index in [1.165, 1.54) is 5.69 Å². The summed E-state index contributed by atoms with van der Waals surface area (Å²) in [6.45, 7) is 2.57. The molecule has 0 atom stereocenters. The third-order valence-corrected chi connectivity index (χ3v) is 3.91. The van der Waals surface area contributed by atoms with Gasteiger partial charge in [-0.05, 0) is 42.8 Å². The molecular weight excluding hydrogens is 316 g/mol. The number of aryl methyl sites for hydroxylation is 2. The zero-order valence-electron chi connectivity index (χ0n) is 14.3. The molecule has 2 aromatic heterocycles. The second kappa shape index (κ2) is 7.04. The van der Waals surface area contributed by atoms with Crippen molar-refractivity contribution in [3.8, 4) is 5.75 Å². The van der Waals surface area contributed by atoms with Crippen LogP contribution < -0.4 is 20.6 Å². The molecule has 0 amide bonds. The van der Waals surface area contributed by atoms with Crippen molar-refractivity contribution in [3.05, 3.63) is 65.6 Å². The highest BCUT2D eigenvalue weighted by Crippen LogP contribution is 2.14. The van der Waals surface area contributed by atoms with Crippen molar-refractivity contribution in [1.82, 2.24) is 4.57 Å². The molecule has 0 saturated heterocycles. The number of pyridine rings is 1. The molecule has 1 aromatic carbocycles. The summed E-state index contributed by atoms with van der Waals surface area (Å²) in [6, 6.07) is 13.8. The number of fused-ring (bicyclic) bond motifs is 1. The van der Waals surface area contributed by atoms with Gasteiger partial charge in [0.25, 0.3) is 5.65 Å². The molecule has 3 aromatic rings. The lowest BCUT2D eigenvalue weighted by Crippen LogP contribution is -2.22. The molecule has 0 fully saturated rings. The summed E-state index contributed by atoms with van der Waals surface area (Å²) in [5.74, 6) is 0.713. The minimum Gasteiger partial charge on any atom is -0.485 e. The van der Waals surface area contributed by atoms with E-state index in [1.807, 2.05) is 31.3 Å². The molecule has 2 heterocycles. The minimum absolute atomic E-state index is 0.0701. The molecule has 0 unspecified atom stereocenters. The van der Waals surface area contributed by atoms with Crippen LogP contribution in [0.15, 0.2) is 58.9 Å². The van der Waals surface area contributed by atoms with E-state index >= 15 is 0 Å². The van der Waals surface area contributed by atoms with Crippen LogP contribution in [0.1, 0.15) is 17.0 Å². The Hall–Kier alpha value is -3.35. The lowest BCUT2D eigenvalue weighted by Gasteiger charge is -2.04. The molecule has 0 radical (unpaired) electrons. The Bertz CT molecular complexity index is 936. The molecule has 0 bridgehead atoms. The molecule has 0 aliphatic rings. The molecule has 7 heteroatoms. The van der Waals surface area contributed by atoms with Gasteiger partial charge < -0.3 is 16.2 Å². The smallest absolute Gasteiger partial charge is 0.286 e. The Balaban J connectivity index is 1.70. The van der Waals surface area contributed by atoms with Gasteiger partial charge in [-0.3, -0.25) is 0 Å². The van der Waals surface area contributed by atoms with Crippen LogP contribution in [-0.2, 0) is 13.7 Å². The quantitative estimate of drug-likeness (QED) is 0.317. The highest BCUT2D eigenvalue weighted by Gasteiger charge is 2.15. The zero-order valence-corrected chi connectivity index (χ0v) is 14.3. The number of hydrogen-bond donors (Lipinski definition) is 2. The van der Waals surface area contributed by atoms with Gasteiger partial charge in [-0.2, -0.15) is 9.50 Å². The molecule has 0 spiro atoms. The van der Waals surface area contributed by atoms with Gasteiger partial charge in [-0.1, -0.05) is 6.07 Å². The number of rotatable bonds is 5. The Morgan fingerprint density at radius 2 is 1.96 bits per heavy atom. The van der Waals surface area contributed by atoms with Gasteiger partial charge in [0.05, 0.1) is 13.3 Å². The first-order chi connectivity index (χ1) is 12.0. The van der Waals surface area contributed by atoms with Crippen molar-refractivity contribution < 1.29 is 9.14 Å². The van der Waals surface area contributed by atoms with Crippen molar-refractivity contribution in [2.24, 2.45) is 28.7 Å². The van der Waals surface area contributed by atoms with Gasteiger partial charge in [0, 0.05) is 6.07 Å². The highest BCUT2D eigenvalue weighted by molar-refractivity contribution is 5.81. The van der Waals surface area contributed by atoms with E-state index in [1.54, 1.807) is 6.21 Å². The summed E-state index contributed by atoms with van der Waals surface area (Å²) >= 11 is 0. The van der Waals surface area contributed by atoms with Crippen molar-refractivity contribution >= 4 is 17.8 Å². The highest BCUT2D eigenvalue weighted by atomic mass is 16.5. The van der Waals surface area contributed by atoms with E-state index in [0.29, 0.717) is 6.61 Å². The largest absolute Gasteiger partial charge is 0.485 e. The van der Waals surface area contributed by atoms with Crippen molar-refractivity contribution in [3.63, 3.8) is 0 Å². The van der Waals surface area contributed by atoms with Crippen LogP contribution in [0.4, 0.5) is 0 Å². The van der Waals surface area contributed by atoms with Crippen LogP contribution in [0.5, 0.6) is 5.75 Å². The number of nitrogens with zero attached hydrogens (tertiary/aromatic N) is 4. The second-order valence-corrected chi connectivity index (χ2v) is 5.70. The van der Waals surface area contributed by atoms with Crippen LogP contribution in [-0.4, -0.2) is 16.7 Å². The van der Waals surface area contributed by atoms with Gasteiger partial charge in [0.1, 0.15) is 17.6 Å². The first-order valence-corrected chi connectivity index (χ1v) is 7.85. The molecule has 0 aliphatic heterocycles. The maximum absolute atomic E-state index is 5.89. The maximum Gasteiger partial charge on any atom is 0.286 e. The Kier molecular flexibility index (Phi) is 4.65. The number of nitrogens with two attached hydrogens (primary N) is 2. The minimum atomic E-state index is -0.0701. The van der Waals surface area contributed by atoms with Gasteiger partial charge in [-0.25, -0.2) is 4.57 Å². The maximum atomic E-state index is 5.89. The Morgan fingerprint density at radius 3 is 2.64 bits per heavy atom. The van der Waals surface area contributed by atoms with Crippen LogP contribution in [0.25, 0.3) is 5.65 Å². The predicted molar refractivity (Wildman–Crippen MR) is 97.5 cm³/mol. The molecule has 0 saturated carbocycles. The third kappa shape index (κ3) is 3.77. The molecule has 7 nitrogen and oxygen atoms in total. The van der Waals surface area contributed by atoms with E-state index < -0.39 is 0 Å². The standard InChI is InChI=1S/C18H21N6O/c1-13-4-3-5-17-23(2)15(11-24(13)17)12-25-16-8-6-14(7-9-16)10-21-22-18(19)20/h3-11H,12H2,1-2H3,(H4,19,20,22)/q+1/b21-10-. The van der Waals surface area contributed by atoms with Crippen molar-refractivity contribution in [1.29, 1.82) is 0 Å². The molecule has 0 aliphatic carbocycles. The van der Waals surface area contributed by atoms with E-state index in [2.05, 4.69) is 50.5 Å². The van der Waals surface area contributed by atoms with Gasteiger partial charge in [0.2, 0.25) is 5.96 Å². The van der Waals surface area contributed by atoms with E-state index in [9.17, 15) is 0 Å². The normalized spacial score (nSPS) is 11.1. The van der Waals surface area contributed by atoms with Gasteiger partial charge in [0.15, 0.2) is 12.3 Å². The summed E-state index contributed by atoms with van der Waals surface area (Å²) in [4.78, 5) is 0. The van der Waals surface area contributed by atoms with Crippen molar-refractivity contribution in [2.75, 3.05) is 0 Å². The lowest BCUT2D eigenvalue weighted by molar-refractivity contribution is -0.518. The second-order valence-electron chi connectivity index (χ2n) is 5.70. The average molecular weight is 337 g/mol. The van der Waals surface area contributed by atoms with Crippen LogP contribution in [0.3, 0.4) is 0 Å². The molecule has 3 rings (SSSR count). The Morgan fingerprint density at radius 1 is 1.20 bits per heavy atom. The topological polar surface area (TPSA) is 95.0 Å². The first-order valence-electron chi connectivity index (χ1n) is 7.85. The molecule has 4 N–H and O–H groups in total. The molecule has 128 valence electrons. The monoisotopic (exact) mass is 337 g/mol. The number of guanidine groups is 1. The van der Waals surface area contributed by atoms with Crippen LogP contribution in [0.2, 0.25) is 0 Å². The zero-order chi connectivity index (χ0) is 17.8.